The smallest absolute Gasteiger partial charge is 0.231 e. The highest BCUT2D eigenvalue weighted by molar-refractivity contribution is 7.80. The zero-order valence-electron chi connectivity index (χ0n) is 15.2. The number of benzene rings is 2. The van der Waals surface area contributed by atoms with Gasteiger partial charge in [-0.05, 0) is 54.5 Å². The molecule has 1 N–H and O–H groups in total. The molecule has 0 atom stereocenters. The van der Waals surface area contributed by atoms with Crippen LogP contribution in [0, 0.1) is 6.92 Å². The van der Waals surface area contributed by atoms with Crippen molar-refractivity contribution in [3.63, 3.8) is 0 Å². The molecule has 0 aliphatic carbocycles. The predicted octanol–water partition coefficient (Wildman–Crippen LogP) is 3.89. The summed E-state index contributed by atoms with van der Waals surface area (Å²) < 4.78 is 10.8. The van der Waals surface area contributed by atoms with Gasteiger partial charge in [-0.25, -0.2) is 0 Å². The Hall–Kier alpha value is -2.02. The second-order valence-corrected chi connectivity index (χ2v) is 7.64. The number of fused-ring (bicyclic) bond motifs is 1. The first-order valence-electron chi connectivity index (χ1n) is 9.01. The SMILES string of the molecule is Cc1ccc(NC(=S)N2CCN(Cc3ccc4c(c3)OCO4)CC2)cc1Cl. The number of hydrogen-bond donors (Lipinski definition) is 1. The fourth-order valence-corrected chi connectivity index (χ4v) is 3.76. The van der Waals surface area contributed by atoms with Crippen molar-refractivity contribution >= 4 is 34.6 Å². The molecule has 1 saturated heterocycles. The normalized spacial score (nSPS) is 16.4. The summed E-state index contributed by atoms with van der Waals surface area (Å²) in [6.07, 6.45) is 0. The molecule has 142 valence electrons. The topological polar surface area (TPSA) is 37.0 Å². The maximum Gasteiger partial charge on any atom is 0.231 e. The minimum Gasteiger partial charge on any atom is -0.454 e. The highest BCUT2D eigenvalue weighted by Crippen LogP contribution is 2.32. The average molecular weight is 404 g/mol. The van der Waals surface area contributed by atoms with Gasteiger partial charge >= 0.3 is 0 Å². The summed E-state index contributed by atoms with van der Waals surface area (Å²) in [7, 11) is 0. The summed E-state index contributed by atoms with van der Waals surface area (Å²) >= 11 is 11.8. The highest BCUT2D eigenvalue weighted by atomic mass is 35.5. The van der Waals surface area contributed by atoms with Gasteiger partial charge in [0.2, 0.25) is 6.79 Å². The number of aryl methyl sites for hydroxylation is 1. The molecule has 7 heteroatoms. The third-order valence-corrected chi connectivity index (χ3v) is 5.69. The maximum absolute atomic E-state index is 6.19. The van der Waals surface area contributed by atoms with Crippen LogP contribution < -0.4 is 14.8 Å². The monoisotopic (exact) mass is 403 g/mol. The van der Waals surface area contributed by atoms with Crippen LogP contribution in [0.1, 0.15) is 11.1 Å². The second-order valence-electron chi connectivity index (χ2n) is 6.84. The lowest BCUT2D eigenvalue weighted by atomic mass is 10.1. The van der Waals surface area contributed by atoms with Gasteiger partial charge in [0.25, 0.3) is 0 Å². The van der Waals surface area contributed by atoms with Gasteiger partial charge in [0.1, 0.15) is 0 Å². The zero-order valence-corrected chi connectivity index (χ0v) is 16.8. The van der Waals surface area contributed by atoms with Gasteiger partial charge in [-0.1, -0.05) is 23.7 Å². The Morgan fingerprint density at radius 3 is 2.63 bits per heavy atom. The lowest BCUT2D eigenvalue weighted by molar-refractivity contribution is 0.173. The number of rotatable bonds is 3. The van der Waals surface area contributed by atoms with Gasteiger partial charge in [-0.2, -0.15) is 0 Å². The molecule has 0 amide bonds. The van der Waals surface area contributed by atoms with Gasteiger partial charge in [0.15, 0.2) is 16.6 Å². The van der Waals surface area contributed by atoms with Crippen molar-refractivity contribution in [3.05, 3.63) is 52.5 Å². The Morgan fingerprint density at radius 2 is 1.85 bits per heavy atom. The van der Waals surface area contributed by atoms with Crippen LogP contribution in [0.25, 0.3) is 0 Å². The molecule has 2 aromatic carbocycles. The first-order chi connectivity index (χ1) is 13.1. The zero-order chi connectivity index (χ0) is 18.8. The van der Waals surface area contributed by atoms with E-state index in [0.717, 1.165) is 65.6 Å². The number of nitrogens with zero attached hydrogens (tertiary/aromatic N) is 2. The molecular weight excluding hydrogens is 382 g/mol. The van der Waals surface area contributed by atoms with Crippen LogP contribution >= 0.6 is 23.8 Å². The van der Waals surface area contributed by atoms with Crippen LogP contribution in [0.5, 0.6) is 11.5 Å². The summed E-state index contributed by atoms with van der Waals surface area (Å²) in [5.41, 5.74) is 3.23. The molecule has 2 aliphatic rings. The van der Waals surface area contributed by atoms with Gasteiger partial charge in [0, 0.05) is 43.4 Å². The fourth-order valence-electron chi connectivity index (χ4n) is 3.28. The van der Waals surface area contributed by atoms with Crippen LogP contribution in [0.4, 0.5) is 5.69 Å². The number of thiocarbonyl (C=S) groups is 1. The van der Waals surface area contributed by atoms with Gasteiger partial charge in [-0.3, -0.25) is 4.90 Å². The molecule has 2 heterocycles. The molecule has 1 fully saturated rings. The summed E-state index contributed by atoms with van der Waals surface area (Å²) in [5, 5.41) is 4.79. The molecular formula is C20H22ClN3O2S. The van der Waals surface area contributed by atoms with E-state index < -0.39 is 0 Å². The largest absolute Gasteiger partial charge is 0.454 e. The van der Waals surface area contributed by atoms with E-state index in [2.05, 4.69) is 27.2 Å². The standard InChI is InChI=1S/C20H22ClN3O2S/c1-14-2-4-16(11-17(14)21)22-20(27)24-8-6-23(7-9-24)12-15-3-5-18-19(10-15)26-13-25-18/h2-5,10-11H,6-9,12-13H2,1H3,(H,22,27). The van der Waals surface area contributed by atoms with E-state index in [0.29, 0.717) is 6.79 Å². The Labute approximate surface area is 169 Å². The van der Waals surface area contributed by atoms with Gasteiger partial charge < -0.3 is 19.7 Å². The maximum atomic E-state index is 6.19. The molecule has 0 aromatic heterocycles. The summed E-state index contributed by atoms with van der Waals surface area (Å²) in [6.45, 7) is 6.93. The van der Waals surface area contributed by atoms with Crippen molar-refractivity contribution in [2.24, 2.45) is 0 Å². The van der Waals surface area contributed by atoms with E-state index in [9.17, 15) is 0 Å². The van der Waals surface area contributed by atoms with E-state index in [1.54, 1.807) is 0 Å². The van der Waals surface area contributed by atoms with E-state index >= 15 is 0 Å². The van der Waals surface area contributed by atoms with Crippen LogP contribution in [0.3, 0.4) is 0 Å². The lowest BCUT2D eigenvalue weighted by Gasteiger charge is -2.36. The Bertz CT molecular complexity index is 853. The lowest BCUT2D eigenvalue weighted by Crippen LogP contribution is -2.49. The summed E-state index contributed by atoms with van der Waals surface area (Å²) in [5.74, 6) is 1.67. The molecule has 2 aliphatic heterocycles. The minimum absolute atomic E-state index is 0.314. The van der Waals surface area contributed by atoms with Gasteiger partial charge in [-0.15, -0.1) is 0 Å². The number of nitrogens with one attached hydrogen (secondary N) is 1. The van der Waals surface area contributed by atoms with E-state index in [1.165, 1.54) is 5.56 Å². The second kappa shape index (κ2) is 7.92. The van der Waals surface area contributed by atoms with Crippen molar-refractivity contribution in [2.45, 2.75) is 13.5 Å². The Morgan fingerprint density at radius 1 is 1.07 bits per heavy atom. The van der Waals surface area contributed by atoms with E-state index in [1.807, 2.05) is 31.2 Å². The number of anilines is 1. The molecule has 27 heavy (non-hydrogen) atoms. The quantitative estimate of drug-likeness (QED) is 0.783. The molecule has 0 saturated carbocycles. The third kappa shape index (κ3) is 4.29. The molecule has 0 spiro atoms. The van der Waals surface area contributed by atoms with E-state index in [-0.39, 0.29) is 0 Å². The molecule has 4 rings (SSSR count). The summed E-state index contributed by atoms with van der Waals surface area (Å²) in [6, 6.07) is 12.1. The third-order valence-electron chi connectivity index (χ3n) is 4.93. The molecule has 2 aromatic rings. The van der Waals surface area contributed by atoms with Crippen molar-refractivity contribution in [1.29, 1.82) is 0 Å². The summed E-state index contributed by atoms with van der Waals surface area (Å²) in [4.78, 5) is 4.64. The van der Waals surface area contributed by atoms with Crippen molar-refractivity contribution in [1.82, 2.24) is 9.80 Å². The van der Waals surface area contributed by atoms with Crippen LogP contribution in [0.15, 0.2) is 36.4 Å². The Kier molecular flexibility index (Phi) is 5.38. The number of piperazine rings is 1. The molecule has 0 unspecified atom stereocenters. The number of halogens is 1. The first-order valence-corrected chi connectivity index (χ1v) is 9.80. The van der Waals surface area contributed by atoms with Crippen LogP contribution in [-0.4, -0.2) is 47.9 Å². The van der Waals surface area contributed by atoms with Crippen molar-refractivity contribution in [3.8, 4) is 11.5 Å². The number of hydrogen-bond acceptors (Lipinski definition) is 4. The molecule has 0 bridgehead atoms. The number of ether oxygens (including phenoxy) is 2. The molecule has 0 radical (unpaired) electrons. The van der Waals surface area contributed by atoms with Crippen molar-refractivity contribution < 1.29 is 9.47 Å². The van der Waals surface area contributed by atoms with Crippen molar-refractivity contribution in [2.75, 3.05) is 38.3 Å². The van der Waals surface area contributed by atoms with Crippen LogP contribution in [-0.2, 0) is 6.54 Å². The minimum atomic E-state index is 0.314. The van der Waals surface area contributed by atoms with Gasteiger partial charge in [0.05, 0.1) is 0 Å². The van der Waals surface area contributed by atoms with Crippen LogP contribution in [0.2, 0.25) is 5.02 Å². The predicted molar refractivity (Wildman–Crippen MR) is 112 cm³/mol. The average Bonchev–Trinajstić information content (AvgIpc) is 3.13. The first kappa shape index (κ1) is 18.3. The Balaban J connectivity index is 1.29. The highest BCUT2D eigenvalue weighted by Gasteiger charge is 2.20. The molecule has 5 nitrogen and oxygen atoms in total. The van der Waals surface area contributed by atoms with E-state index in [4.69, 9.17) is 33.3 Å². The fraction of sp³-hybridized carbons (Fsp3) is 0.350.